The van der Waals surface area contributed by atoms with Crippen molar-refractivity contribution in [2.75, 3.05) is 36.4 Å². The van der Waals surface area contributed by atoms with Crippen LogP contribution < -0.4 is 26.7 Å². The molecular weight excluding hydrogens is 492 g/mol. The standard InChI is InChI=1S/C26H29ClN8O2/c1-4-11-34-25(37)20-15-29-26(30-18-5-7-22(21(27)14-18)32-12-9-28-10-13-32)31-24(20)35(34)19-6-8-23(36)33(16-19)17(2)3/h4-8,14-17,28H,1,9-13H2,2-3H3,(H,29,30,31). The number of hydrogen-bond donors (Lipinski definition) is 2. The van der Waals surface area contributed by atoms with E-state index in [1.807, 2.05) is 32.0 Å². The first-order valence-corrected chi connectivity index (χ1v) is 12.6. The van der Waals surface area contributed by atoms with Crippen LogP contribution in [0.2, 0.25) is 5.02 Å². The molecule has 192 valence electrons. The zero-order valence-electron chi connectivity index (χ0n) is 20.8. The summed E-state index contributed by atoms with van der Waals surface area (Å²) in [4.78, 5) is 36.9. The third-order valence-corrected chi connectivity index (χ3v) is 6.67. The van der Waals surface area contributed by atoms with Crippen molar-refractivity contribution >= 4 is 40.0 Å². The lowest BCUT2D eigenvalue weighted by Crippen LogP contribution is -2.43. The zero-order chi connectivity index (χ0) is 26.1. The van der Waals surface area contributed by atoms with Gasteiger partial charge in [-0.2, -0.15) is 4.98 Å². The van der Waals surface area contributed by atoms with E-state index in [0.29, 0.717) is 27.7 Å². The fourth-order valence-corrected chi connectivity index (χ4v) is 4.83. The number of benzene rings is 1. The van der Waals surface area contributed by atoms with Crippen molar-refractivity contribution in [3.63, 3.8) is 0 Å². The summed E-state index contributed by atoms with van der Waals surface area (Å²) in [6, 6.07) is 8.90. The van der Waals surface area contributed by atoms with E-state index in [1.54, 1.807) is 27.6 Å². The smallest absolute Gasteiger partial charge is 0.278 e. The maximum absolute atomic E-state index is 13.2. The number of nitrogens with zero attached hydrogens (tertiary/aromatic N) is 6. The minimum absolute atomic E-state index is 0.0466. The molecule has 4 heterocycles. The summed E-state index contributed by atoms with van der Waals surface area (Å²) in [7, 11) is 0. The minimum Gasteiger partial charge on any atom is -0.368 e. The maximum atomic E-state index is 13.2. The van der Waals surface area contributed by atoms with E-state index in [2.05, 4.69) is 32.1 Å². The number of pyridine rings is 1. The number of nitrogens with one attached hydrogen (secondary N) is 2. The Morgan fingerprint density at radius 1 is 1.19 bits per heavy atom. The number of piperazine rings is 1. The number of rotatable bonds is 7. The molecular formula is C26H29ClN8O2. The van der Waals surface area contributed by atoms with Gasteiger partial charge in [-0.3, -0.25) is 9.59 Å². The normalized spacial score (nSPS) is 13.9. The van der Waals surface area contributed by atoms with Gasteiger partial charge in [0.15, 0.2) is 5.65 Å². The lowest BCUT2D eigenvalue weighted by Gasteiger charge is -2.30. The first kappa shape index (κ1) is 24.8. The van der Waals surface area contributed by atoms with Crippen molar-refractivity contribution in [2.24, 2.45) is 0 Å². The van der Waals surface area contributed by atoms with Crippen molar-refractivity contribution < 1.29 is 0 Å². The van der Waals surface area contributed by atoms with Gasteiger partial charge in [0, 0.05) is 56.4 Å². The maximum Gasteiger partial charge on any atom is 0.278 e. The summed E-state index contributed by atoms with van der Waals surface area (Å²) in [6.45, 7) is 11.6. The molecule has 1 fully saturated rings. The summed E-state index contributed by atoms with van der Waals surface area (Å²) in [5, 5.41) is 7.55. The van der Waals surface area contributed by atoms with Crippen LogP contribution in [0, 0.1) is 0 Å². The average molecular weight is 521 g/mol. The van der Waals surface area contributed by atoms with Gasteiger partial charge in [-0.05, 0) is 38.1 Å². The molecule has 1 aliphatic rings. The molecule has 2 N–H and O–H groups in total. The molecule has 1 aliphatic heterocycles. The van der Waals surface area contributed by atoms with Crippen molar-refractivity contribution in [1.29, 1.82) is 0 Å². The molecule has 1 saturated heterocycles. The minimum atomic E-state index is -0.243. The monoisotopic (exact) mass is 520 g/mol. The van der Waals surface area contributed by atoms with Gasteiger partial charge in [0.25, 0.3) is 11.1 Å². The molecule has 5 rings (SSSR count). The van der Waals surface area contributed by atoms with Crippen LogP contribution in [0.25, 0.3) is 16.7 Å². The molecule has 4 aromatic rings. The van der Waals surface area contributed by atoms with E-state index in [-0.39, 0.29) is 23.7 Å². The molecule has 0 radical (unpaired) electrons. The van der Waals surface area contributed by atoms with Crippen LogP contribution in [0.3, 0.4) is 0 Å². The van der Waals surface area contributed by atoms with Crippen LogP contribution in [-0.2, 0) is 6.54 Å². The second-order valence-corrected chi connectivity index (χ2v) is 9.58. The predicted molar refractivity (Wildman–Crippen MR) is 148 cm³/mol. The zero-order valence-corrected chi connectivity index (χ0v) is 21.6. The summed E-state index contributed by atoms with van der Waals surface area (Å²) >= 11 is 6.61. The van der Waals surface area contributed by atoms with Crippen LogP contribution in [-0.4, -0.2) is 50.1 Å². The molecule has 0 saturated carbocycles. The van der Waals surface area contributed by atoms with Crippen LogP contribution in [0.4, 0.5) is 17.3 Å². The molecule has 10 nitrogen and oxygen atoms in total. The van der Waals surface area contributed by atoms with Gasteiger partial charge in [0.2, 0.25) is 5.95 Å². The molecule has 0 atom stereocenters. The number of anilines is 3. The molecule has 37 heavy (non-hydrogen) atoms. The number of allylic oxidation sites excluding steroid dienone is 1. The van der Waals surface area contributed by atoms with Crippen molar-refractivity contribution in [3.8, 4) is 5.69 Å². The Bertz CT molecular complexity index is 1580. The Kier molecular flexibility index (Phi) is 6.86. The van der Waals surface area contributed by atoms with E-state index in [1.165, 1.54) is 16.9 Å². The number of halogens is 1. The quantitative estimate of drug-likeness (QED) is 0.360. The Balaban J connectivity index is 1.56. The number of fused-ring (bicyclic) bond motifs is 1. The topological polar surface area (TPSA) is 102 Å². The molecule has 1 aromatic carbocycles. The van der Waals surface area contributed by atoms with E-state index in [4.69, 9.17) is 11.6 Å². The Morgan fingerprint density at radius 2 is 1.97 bits per heavy atom. The van der Waals surface area contributed by atoms with Gasteiger partial charge >= 0.3 is 0 Å². The van der Waals surface area contributed by atoms with Gasteiger partial charge in [-0.15, -0.1) is 6.58 Å². The third-order valence-electron chi connectivity index (χ3n) is 6.36. The summed E-state index contributed by atoms with van der Waals surface area (Å²) in [6.07, 6.45) is 4.89. The summed E-state index contributed by atoms with van der Waals surface area (Å²) in [5.74, 6) is 0.320. The van der Waals surface area contributed by atoms with E-state index >= 15 is 0 Å². The van der Waals surface area contributed by atoms with Crippen LogP contribution in [0.1, 0.15) is 19.9 Å². The van der Waals surface area contributed by atoms with Crippen LogP contribution >= 0.6 is 11.6 Å². The average Bonchev–Trinajstić information content (AvgIpc) is 3.16. The summed E-state index contributed by atoms with van der Waals surface area (Å²) in [5.41, 5.74) is 2.41. The highest BCUT2D eigenvalue weighted by Crippen LogP contribution is 2.30. The molecule has 0 spiro atoms. The highest BCUT2D eigenvalue weighted by molar-refractivity contribution is 6.33. The molecule has 11 heteroatoms. The Labute approximate surface area is 218 Å². The molecule has 0 bridgehead atoms. The van der Waals surface area contributed by atoms with E-state index < -0.39 is 0 Å². The van der Waals surface area contributed by atoms with Crippen LogP contribution in [0.5, 0.6) is 0 Å². The van der Waals surface area contributed by atoms with Gasteiger partial charge < -0.3 is 20.1 Å². The fourth-order valence-electron chi connectivity index (χ4n) is 4.53. The van der Waals surface area contributed by atoms with Crippen LogP contribution in [0.15, 0.2) is 65.0 Å². The largest absolute Gasteiger partial charge is 0.368 e. The first-order chi connectivity index (χ1) is 17.9. The Hall–Kier alpha value is -3.89. The first-order valence-electron chi connectivity index (χ1n) is 12.2. The highest BCUT2D eigenvalue weighted by Gasteiger charge is 2.19. The molecule has 0 unspecified atom stereocenters. The SMILES string of the molecule is C=CCn1c(=O)c2cnc(Nc3ccc(N4CCNCC4)c(Cl)c3)nc2n1-c1ccc(=O)n(C(C)C)c1. The molecule has 3 aromatic heterocycles. The third kappa shape index (κ3) is 4.77. The fraction of sp³-hybridized carbons (Fsp3) is 0.308. The number of hydrogen-bond acceptors (Lipinski definition) is 7. The number of aromatic nitrogens is 5. The van der Waals surface area contributed by atoms with Gasteiger partial charge in [-0.25, -0.2) is 14.3 Å². The lowest BCUT2D eigenvalue weighted by atomic mass is 10.2. The van der Waals surface area contributed by atoms with Crippen molar-refractivity contribution in [1.82, 2.24) is 29.2 Å². The highest BCUT2D eigenvalue weighted by atomic mass is 35.5. The predicted octanol–water partition coefficient (Wildman–Crippen LogP) is 3.32. The second kappa shape index (κ2) is 10.2. The molecule has 0 amide bonds. The second-order valence-electron chi connectivity index (χ2n) is 9.17. The molecule has 0 aliphatic carbocycles. The van der Waals surface area contributed by atoms with Gasteiger partial charge in [-0.1, -0.05) is 17.7 Å². The Morgan fingerprint density at radius 3 is 2.68 bits per heavy atom. The van der Waals surface area contributed by atoms with E-state index in [9.17, 15) is 9.59 Å². The summed E-state index contributed by atoms with van der Waals surface area (Å²) < 4.78 is 4.84. The van der Waals surface area contributed by atoms with Crippen molar-refractivity contribution in [3.05, 3.63) is 81.1 Å². The lowest BCUT2D eigenvalue weighted by molar-refractivity contribution is 0.561. The van der Waals surface area contributed by atoms with Gasteiger partial charge in [0.1, 0.15) is 5.39 Å². The van der Waals surface area contributed by atoms with Crippen molar-refractivity contribution in [2.45, 2.75) is 26.4 Å². The van der Waals surface area contributed by atoms with E-state index in [0.717, 1.165) is 37.6 Å². The van der Waals surface area contributed by atoms with Gasteiger partial charge in [0.05, 0.1) is 22.9 Å².